The van der Waals surface area contributed by atoms with Crippen molar-refractivity contribution in [3.05, 3.63) is 87.4 Å². The number of benzene rings is 3. The molecule has 3 aromatic rings. The zero-order valence-corrected chi connectivity index (χ0v) is 19.6. The molecular formula is C24H19Cl2F3N2O4. The third-order valence-corrected chi connectivity index (χ3v) is 5.57. The molecule has 0 radical (unpaired) electrons. The van der Waals surface area contributed by atoms with E-state index in [-0.39, 0.29) is 33.4 Å². The highest BCUT2D eigenvalue weighted by Gasteiger charge is 2.34. The lowest BCUT2D eigenvalue weighted by molar-refractivity contribution is -0.150. The van der Waals surface area contributed by atoms with E-state index >= 15 is 0 Å². The number of esters is 1. The predicted octanol–water partition coefficient (Wildman–Crippen LogP) is 6.21. The summed E-state index contributed by atoms with van der Waals surface area (Å²) in [5.41, 5.74) is 0.139. The molecule has 0 heterocycles. The first-order valence-corrected chi connectivity index (χ1v) is 10.8. The summed E-state index contributed by atoms with van der Waals surface area (Å²) in [4.78, 5) is 23.7. The highest BCUT2D eigenvalue weighted by molar-refractivity contribution is 6.39. The minimum Gasteiger partial charge on any atom is -0.467 e. The van der Waals surface area contributed by atoms with E-state index < -0.39 is 29.8 Å². The highest BCUT2D eigenvalue weighted by atomic mass is 35.5. The zero-order chi connectivity index (χ0) is 25.8. The van der Waals surface area contributed by atoms with Crippen molar-refractivity contribution in [1.82, 2.24) is 5.32 Å². The van der Waals surface area contributed by atoms with Crippen molar-refractivity contribution >= 4 is 40.9 Å². The minimum absolute atomic E-state index is 0.00134. The van der Waals surface area contributed by atoms with Gasteiger partial charge < -0.3 is 20.5 Å². The van der Waals surface area contributed by atoms with Crippen LogP contribution in [0.2, 0.25) is 10.0 Å². The summed E-state index contributed by atoms with van der Waals surface area (Å²) in [6.07, 6.45) is -6.01. The Balaban J connectivity index is 1.69. The Morgan fingerprint density at radius 1 is 1.03 bits per heavy atom. The Kier molecular flexibility index (Phi) is 8.26. The fourth-order valence-electron chi connectivity index (χ4n) is 3.27. The summed E-state index contributed by atoms with van der Waals surface area (Å²) in [5, 5.41) is 14.8. The average Bonchev–Trinajstić information content (AvgIpc) is 2.81. The molecule has 3 N–H and O–H groups in total. The van der Waals surface area contributed by atoms with E-state index in [0.29, 0.717) is 11.1 Å². The number of hydrogen-bond donors (Lipinski definition) is 3. The smallest absolute Gasteiger partial charge is 0.417 e. The Hall–Kier alpha value is -3.27. The lowest BCUT2D eigenvalue weighted by atomic mass is 9.99. The molecule has 184 valence electrons. The third kappa shape index (κ3) is 6.45. The standard InChI is InChI=1S/C24H19Cl2F3N2O4/c1-35-22(33)21(32)14-8-6-13(7-9-14)12-30-23(34)31-15-10-18(25)20(19(26)11-15)16-4-2-3-5-17(16)24(27,28)29/h2-11,21,32H,12H2,1H3,(H2,30,31,34). The van der Waals surface area contributed by atoms with E-state index in [9.17, 15) is 27.9 Å². The molecule has 0 fully saturated rings. The number of amides is 2. The van der Waals surface area contributed by atoms with Gasteiger partial charge >= 0.3 is 18.2 Å². The van der Waals surface area contributed by atoms with Gasteiger partial charge in [0.05, 0.1) is 22.7 Å². The summed E-state index contributed by atoms with van der Waals surface area (Å²) in [6, 6.07) is 13.2. The Morgan fingerprint density at radius 3 is 2.20 bits per heavy atom. The van der Waals surface area contributed by atoms with Gasteiger partial charge in [-0.15, -0.1) is 0 Å². The second kappa shape index (κ2) is 11.0. The second-order valence-corrected chi connectivity index (χ2v) is 8.15. The van der Waals surface area contributed by atoms with Gasteiger partial charge in [-0.3, -0.25) is 0 Å². The molecule has 2 amide bonds. The van der Waals surface area contributed by atoms with Crippen LogP contribution in [0.15, 0.2) is 60.7 Å². The van der Waals surface area contributed by atoms with Crippen molar-refractivity contribution in [2.45, 2.75) is 18.8 Å². The third-order valence-electron chi connectivity index (χ3n) is 4.97. The molecule has 35 heavy (non-hydrogen) atoms. The van der Waals surface area contributed by atoms with Gasteiger partial charge in [0.1, 0.15) is 0 Å². The number of alkyl halides is 3. The zero-order valence-electron chi connectivity index (χ0n) is 18.1. The van der Waals surface area contributed by atoms with Crippen LogP contribution in [-0.4, -0.2) is 24.2 Å². The molecule has 0 aliphatic rings. The first-order chi connectivity index (χ1) is 16.5. The molecule has 3 rings (SSSR count). The predicted molar refractivity (Wildman–Crippen MR) is 126 cm³/mol. The van der Waals surface area contributed by atoms with Crippen molar-refractivity contribution in [3.63, 3.8) is 0 Å². The molecule has 0 bridgehead atoms. The highest BCUT2D eigenvalue weighted by Crippen LogP contribution is 2.43. The normalized spacial score (nSPS) is 12.1. The quantitative estimate of drug-likeness (QED) is 0.333. The van der Waals surface area contributed by atoms with Crippen LogP contribution in [0, 0.1) is 0 Å². The number of ether oxygens (including phenoxy) is 1. The van der Waals surface area contributed by atoms with Crippen LogP contribution in [0.3, 0.4) is 0 Å². The van der Waals surface area contributed by atoms with Crippen molar-refractivity contribution in [2.24, 2.45) is 0 Å². The number of hydrogen-bond acceptors (Lipinski definition) is 4. The maximum atomic E-state index is 13.4. The molecule has 3 aromatic carbocycles. The monoisotopic (exact) mass is 526 g/mol. The van der Waals surface area contributed by atoms with Gasteiger partial charge in [-0.05, 0) is 34.9 Å². The number of aliphatic hydroxyl groups is 1. The lowest BCUT2D eigenvalue weighted by Gasteiger charge is -2.16. The number of urea groups is 1. The van der Waals surface area contributed by atoms with Crippen LogP contribution in [0.5, 0.6) is 0 Å². The number of halogens is 5. The summed E-state index contributed by atoms with van der Waals surface area (Å²) in [5.74, 6) is -0.791. The van der Waals surface area contributed by atoms with Crippen LogP contribution in [0.4, 0.5) is 23.7 Å². The molecule has 0 aliphatic heterocycles. The molecule has 11 heteroatoms. The minimum atomic E-state index is -4.60. The fraction of sp³-hybridized carbons (Fsp3) is 0.167. The van der Waals surface area contributed by atoms with Crippen LogP contribution in [-0.2, 0) is 22.3 Å². The topological polar surface area (TPSA) is 87.7 Å². The van der Waals surface area contributed by atoms with Crippen LogP contribution in [0.1, 0.15) is 22.8 Å². The number of aliphatic hydroxyl groups excluding tert-OH is 1. The van der Waals surface area contributed by atoms with Crippen LogP contribution >= 0.6 is 23.2 Å². The van der Waals surface area contributed by atoms with E-state index in [1.54, 1.807) is 12.1 Å². The summed E-state index contributed by atoms with van der Waals surface area (Å²) in [6.45, 7) is 0.110. The number of anilines is 1. The largest absolute Gasteiger partial charge is 0.467 e. The van der Waals surface area contributed by atoms with E-state index in [2.05, 4.69) is 15.4 Å². The molecule has 0 aliphatic carbocycles. The van der Waals surface area contributed by atoms with Crippen molar-refractivity contribution in [3.8, 4) is 11.1 Å². The van der Waals surface area contributed by atoms with Gasteiger partial charge in [-0.2, -0.15) is 13.2 Å². The summed E-state index contributed by atoms with van der Waals surface area (Å²) < 4.78 is 44.7. The molecule has 1 atom stereocenters. The van der Waals surface area contributed by atoms with Crippen molar-refractivity contribution < 1.29 is 32.6 Å². The Bertz CT molecular complexity index is 1210. The summed E-state index contributed by atoms with van der Waals surface area (Å²) >= 11 is 12.5. The first kappa shape index (κ1) is 26.3. The molecule has 0 spiro atoms. The molecule has 0 saturated carbocycles. The molecule has 6 nitrogen and oxygen atoms in total. The second-order valence-electron chi connectivity index (χ2n) is 7.33. The van der Waals surface area contributed by atoms with Crippen molar-refractivity contribution in [2.75, 3.05) is 12.4 Å². The van der Waals surface area contributed by atoms with Gasteiger partial charge in [0.2, 0.25) is 0 Å². The van der Waals surface area contributed by atoms with Gasteiger partial charge in [-0.1, -0.05) is 65.7 Å². The van der Waals surface area contributed by atoms with Crippen molar-refractivity contribution in [1.29, 1.82) is 0 Å². The van der Waals surface area contributed by atoms with E-state index in [4.69, 9.17) is 23.2 Å². The number of nitrogens with one attached hydrogen (secondary N) is 2. The van der Waals surface area contributed by atoms with Gasteiger partial charge in [0, 0.05) is 17.8 Å². The maximum Gasteiger partial charge on any atom is 0.417 e. The number of carbonyl (C=O) groups is 2. The Morgan fingerprint density at radius 2 is 1.63 bits per heavy atom. The van der Waals surface area contributed by atoms with Crippen LogP contribution < -0.4 is 10.6 Å². The van der Waals surface area contributed by atoms with E-state index in [1.165, 1.54) is 42.5 Å². The molecule has 1 unspecified atom stereocenters. The molecular weight excluding hydrogens is 508 g/mol. The number of rotatable bonds is 6. The number of carbonyl (C=O) groups excluding carboxylic acids is 2. The first-order valence-electron chi connectivity index (χ1n) is 10.1. The number of methoxy groups -OCH3 is 1. The summed E-state index contributed by atoms with van der Waals surface area (Å²) in [7, 11) is 1.16. The van der Waals surface area contributed by atoms with Gasteiger partial charge in [0.15, 0.2) is 6.10 Å². The molecule has 0 saturated heterocycles. The van der Waals surface area contributed by atoms with E-state index in [0.717, 1.165) is 13.2 Å². The average molecular weight is 527 g/mol. The van der Waals surface area contributed by atoms with Gasteiger partial charge in [0.25, 0.3) is 0 Å². The van der Waals surface area contributed by atoms with Crippen LogP contribution in [0.25, 0.3) is 11.1 Å². The van der Waals surface area contributed by atoms with E-state index in [1.807, 2.05) is 0 Å². The SMILES string of the molecule is COC(=O)C(O)c1ccc(CNC(=O)Nc2cc(Cl)c(-c3ccccc3C(F)(F)F)c(Cl)c2)cc1. The van der Waals surface area contributed by atoms with Gasteiger partial charge in [-0.25, -0.2) is 9.59 Å². The maximum absolute atomic E-state index is 13.4. The fourth-order valence-corrected chi connectivity index (χ4v) is 3.96. The Labute approximate surface area is 208 Å². The lowest BCUT2D eigenvalue weighted by Crippen LogP contribution is -2.28. The molecule has 0 aromatic heterocycles.